The number of piperidine rings is 1. The van der Waals surface area contributed by atoms with Crippen molar-refractivity contribution in [2.24, 2.45) is 11.8 Å². The number of amides is 4. The molecule has 0 spiro atoms. The molecule has 4 rings (SSSR count). The van der Waals surface area contributed by atoms with Crippen LogP contribution in [0.2, 0.25) is 0 Å². The second-order valence-electron chi connectivity index (χ2n) is 11.9. The Morgan fingerprint density at radius 3 is 2.56 bits per heavy atom. The third-order valence-electron chi connectivity index (χ3n) is 8.65. The highest BCUT2D eigenvalue weighted by atomic mass is 79.9. The molecule has 1 saturated heterocycles. The topological polar surface area (TPSA) is 186 Å². The molecule has 2 heterocycles. The summed E-state index contributed by atoms with van der Waals surface area (Å²) in [6.07, 6.45) is 7.05. The SMILES string of the molecule is CC(=O)N[C@H](C(=O)NCC(=O)N[C@H]1[C@H]2CCCC[C@@H]2CN(C(=O)c2ccc(Br)cc2)[C@@H]1CN[C@H](C=O)Cc1cnc[nH]1)C(C)O. The van der Waals surface area contributed by atoms with E-state index in [-0.39, 0.29) is 30.8 Å². The summed E-state index contributed by atoms with van der Waals surface area (Å²) in [6.45, 7) is 2.99. The van der Waals surface area contributed by atoms with Crippen molar-refractivity contribution in [3.8, 4) is 0 Å². The lowest BCUT2D eigenvalue weighted by Crippen LogP contribution is -2.67. The number of H-pyrrole nitrogens is 1. The first-order valence-corrected chi connectivity index (χ1v) is 16.1. The number of aldehydes is 1. The van der Waals surface area contributed by atoms with Crippen molar-refractivity contribution in [1.82, 2.24) is 36.1 Å². The normalized spacial score (nSPS) is 23.2. The van der Waals surface area contributed by atoms with Gasteiger partial charge in [-0.05, 0) is 55.9 Å². The van der Waals surface area contributed by atoms with E-state index >= 15 is 0 Å². The number of hydrogen-bond donors (Lipinski definition) is 6. The van der Waals surface area contributed by atoms with Gasteiger partial charge in [-0.25, -0.2) is 4.98 Å². The van der Waals surface area contributed by atoms with Gasteiger partial charge in [0.15, 0.2) is 0 Å². The van der Waals surface area contributed by atoms with Crippen LogP contribution in [0.4, 0.5) is 0 Å². The Morgan fingerprint density at radius 2 is 1.91 bits per heavy atom. The fourth-order valence-electron chi connectivity index (χ4n) is 6.45. The molecule has 14 heteroatoms. The molecule has 244 valence electrons. The molecule has 1 saturated carbocycles. The molecule has 6 N–H and O–H groups in total. The zero-order valence-electron chi connectivity index (χ0n) is 25.5. The lowest BCUT2D eigenvalue weighted by Gasteiger charge is -2.51. The summed E-state index contributed by atoms with van der Waals surface area (Å²) in [6, 6.07) is 4.42. The molecule has 4 amide bonds. The van der Waals surface area contributed by atoms with Gasteiger partial charge in [0.2, 0.25) is 17.7 Å². The van der Waals surface area contributed by atoms with Gasteiger partial charge in [-0.15, -0.1) is 0 Å². The number of rotatable bonds is 13. The number of hydrogen-bond acceptors (Lipinski definition) is 8. The van der Waals surface area contributed by atoms with Gasteiger partial charge >= 0.3 is 0 Å². The number of nitrogens with one attached hydrogen (secondary N) is 5. The van der Waals surface area contributed by atoms with Crippen LogP contribution in [0.5, 0.6) is 0 Å². The summed E-state index contributed by atoms with van der Waals surface area (Å²) >= 11 is 3.42. The van der Waals surface area contributed by atoms with Gasteiger partial charge < -0.3 is 41.1 Å². The zero-order chi connectivity index (χ0) is 32.5. The first-order chi connectivity index (χ1) is 21.6. The smallest absolute Gasteiger partial charge is 0.254 e. The largest absolute Gasteiger partial charge is 0.391 e. The van der Waals surface area contributed by atoms with E-state index in [2.05, 4.69) is 47.2 Å². The van der Waals surface area contributed by atoms with E-state index in [0.29, 0.717) is 18.5 Å². The highest BCUT2D eigenvalue weighted by Gasteiger charge is 2.46. The minimum atomic E-state index is -1.21. The quantitative estimate of drug-likeness (QED) is 0.166. The number of aliphatic hydroxyl groups is 1. The molecule has 1 aliphatic carbocycles. The molecule has 2 aromatic rings. The summed E-state index contributed by atoms with van der Waals surface area (Å²) in [5.74, 6) is -1.55. The Bertz CT molecular complexity index is 1320. The number of fused-ring (bicyclic) bond motifs is 1. The Morgan fingerprint density at radius 1 is 1.18 bits per heavy atom. The predicted molar refractivity (Wildman–Crippen MR) is 169 cm³/mol. The van der Waals surface area contributed by atoms with Gasteiger partial charge in [0.05, 0.1) is 37.1 Å². The molecule has 1 aliphatic heterocycles. The summed E-state index contributed by atoms with van der Waals surface area (Å²) < 4.78 is 0.847. The molecular formula is C31H42BrN7O6. The monoisotopic (exact) mass is 687 g/mol. The highest BCUT2D eigenvalue weighted by molar-refractivity contribution is 9.10. The molecule has 7 atom stereocenters. The van der Waals surface area contributed by atoms with Gasteiger partial charge in [0.25, 0.3) is 5.91 Å². The molecule has 1 aromatic heterocycles. The van der Waals surface area contributed by atoms with Crippen LogP contribution in [0.15, 0.2) is 41.3 Å². The summed E-state index contributed by atoms with van der Waals surface area (Å²) in [4.78, 5) is 72.5. The van der Waals surface area contributed by atoms with E-state index in [1.807, 2.05) is 17.0 Å². The van der Waals surface area contributed by atoms with Crippen LogP contribution in [0.3, 0.4) is 0 Å². The van der Waals surface area contributed by atoms with Crippen molar-refractivity contribution in [3.05, 3.63) is 52.5 Å². The second kappa shape index (κ2) is 16.1. The standard InChI is InChI=1S/C31H42BrN7O6/c1-18(41)28(37-19(2)42)30(44)35-14-27(43)38-29-25-6-4-3-5-21(25)15-39(31(45)20-7-9-22(32)10-8-20)26(29)13-34-24(16-40)11-23-12-33-17-36-23/h7-10,12,16-18,21,24-26,28-29,34,41H,3-6,11,13-15H2,1-2H3,(H,33,36)(H,35,44)(H,37,42)(H,38,43)/t18?,21-,24+,25+,26-,28+,29+/m1/s1. The van der Waals surface area contributed by atoms with Crippen molar-refractivity contribution < 1.29 is 29.1 Å². The van der Waals surface area contributed by atoms with Gasteiger partial charge in [-0.1, -0.05) is 28.8 Å². The molecule has 1 unspecified atom stereocenters. The maximum atomic E-state index is 14.0. The fourth-order valence-corrected chi connectivity index (χ4v) is 6.71. The summed E-state index contributed by atoms with van der Waals surface area (Å²) in [7, 11) is 0. The summed E-state index contributed by atoms with van der Waals surface area (Å²) in [5, 5.41) is 21.3. The number of imidazole rings is 1. The van der Waals surface area contributed by atoms with E-state index in [1.165, 1.54) is 13.8 Å². The van der Waals surface area contributed by atoms with Gasteiger partial charge in [0, 0.05) is 48.4 Å². The number of benzene rings is 1. The molecule has 0 radical (unpaired) electrons. The van der Waals surface area contributed by atoms with Crippen LogP contribution in [-0.4, -0.2) is 99.8 Å². The highest BCUT2D eigenvalue weighted by Crippen LogP contribution is 2.39. The number of aromatic nitrogens is 2. The van der Waals surface area contributed by atoms with Crippen molar-refractivity contribution in [2.45, 2.75) is 76.2 Å². The van der Waals surface area contributed by atoms with Gasteiger partial charge in [-0.3, -0.25) is 19.2 Å². The van der Waals surface area contributed by atoms with Crippen molar-refractivity contribution in [2.75, 3.05) is 19.6 Å². The number of carbonyl (C=O) groups is 5. The number of likely N-dealkylation sites (tertiary alicyclic amines) is 1. The van der Waals surface area contributed by atoms with Crippen LogP contribution < -0.4 is 21.3 Å². The first kappa shape index (κ1) is 34.3. The maximum absolute atomic E-state index is 14.0. The van der Waals surface area contributed by atoms with E-state index in [9.17, 15) is 29.1 Å². The van der Waals surface area contributed by atoms with Crippen LogP contribution in [0.25, 0.3) is 0 Å². The Hall–Kier alpha value is -3.62. The van der Waals surface area contributed by atoms with Crippen LogP contribution in [0.1, 0.15) is 55.6 Å². The van der Waals surface area contributed by atoms with E-state index in [4.69, 9.17) is 0 Å². The van der Waals surface area contributed by atoms with Gasteiger partial charge in [-0.2, -0.15) is 0 Å². The van der Waals surface area contributed by atoms with Crippen LogP contribution in [-0.2, 0) is 25.6 Å². The third-order valence-corrected chi connectivity index (χ3v) is 9.18. The number of nitrogens with zero attached hydrogens (tertiary/aromatic N) is 2. The fraction of sp³-hybridized carbons (Fsp3) is 0.548. The molecule has 45 heavy (non-hydrogen) atoms. The van der Waals surface area contributed by atoms with Crippen molar-refractivity contribution >= 4 is 45.8 Å². The molecule has 1 aromatic carbocycles. The van der Waals surface area contributed by atoms with Crippen molar-refractivity contribution in [1.29, 1.82) is 0 Å². The first-order valence-electron chi connectivity index (χ1n) is 15.3. The van der Waals surface area contributed by atoms with E-state index < -0.39 is 48.0 Å². The lowest BCUT2D eigenvalue weighted by molar-refractivity contribution is -0.132. The molecule has 2 fully saturated rings. The molecule has 13 nitrogen and oxygen atoms in total. The molecule has 2 aliphatic rings. The minimum Gasteiger partial charge on any atom is -0.391 e. The van der Waals surface area contributed by atoms with Crippen molar-refractivity contribution in [3.63, 3.8) is 0 Å². The Kier molecular flexibility index (Phi) is 12.3. The minimum absolute atomic E-state index is 0.0889. The lowest BCUT2D eigenvalue weighted by atomic mass is 9.69. The maximum Gasteiger partial charge on any atom is 0.254 e. The van der Waals surface area contributed by atoms with Crippen LogP contribution in [0, 0.1) is 11.8 Å². The molecular weight excluding hydrogens is 646 g/mol. The van der Waals surface area contributed by atoms with E-state index in [0.717, 1.165) is 42.1 Å². The number of carbonyl (C=O) groups excluding carboxylic acids is 5. The third kappa shape index (κ3) is 9.21. The average Bonchev–Trinajstić information content (AvgIpc) is 3.54. The Labute approximate surface area is 270 Å². The second-order valence-corrected chi connectivity index (χ2v) is 12.8. The van der Waals surface area contributed by atoms with Crippen LogP contribution >= 0.6 is 15.9 Å². The number of aliphatic hydroxyl groups excluding tert-OH is 1. The summed E-state index contributed by atoms with van der Waals surface area (Å²) in [5.41, 5.74) is 1.30. The number of halogens is 1. The predicted octanol–water partition coefficient (Wildman–Crippen LogP) is 0.689. The Balaban J connectivity index is 1.57. The molecule has 0 bridgehead atoms. The van der Waals surface area contributed by atoms with E-state index in [1.54, 1.807) is 24.7 Å². The zero-order valence-corrected chi connectivity index (χ0v) is 27.1. The average molecular weight is 689 g/mol. The van der Waals surface area contributed by atoms with Gasteiger partial charge in [0.1, 0.15) is 12.3 Å². The number of aromatic amines is 1.